The minimum atomic E-state index is -0.226. The maximum absolute atomic E-state index is 11.6. The fraction of sp³-hybridized carbons (Fsp3) is 0.800. The van der Waals surface area contributed by atoms with Gasteiger partial charge in [-0.3, -0.25) is 0 Å². The van der Waals surface area contributed by atoms with Crippen LogP contribution in [0.3, 0.4) is 0 Å². The normalized spacial score (nSPS) is 29.2. The molecule has 0 spiro atoms. The molecule has 2 atom stereocenters. The molecular formula is C10H16N2O3. The molecule has 0 saturated carbocycles. The number of piperidine rings is 1. The smallest absolute Gasteiger partial charge is 0.410 e. The summed E-state index contributed by atoms with van der Waals surface area (Å²) in [5.74, 6) is 0.269. The number of amides is 1. The zero-order valence-electron chi connectivity index (χ0n) is 9.10. The molecule has 0 aromatic heterocycles. The van der Waals surface area contributed by atoms with Gasteiger partial charge in [0.2, 0.25) is 0 Å². The second-order valence-corrected chi connectivity index (χ2v) is 3.98. The van der Waals surface area contributed by atoms with E-state index in [0.29, 0.717) is 19.8 Å². The Hall–Kier alpha value is -1.26. The molecule has 5 nitrogen and oxygen atoms in total. The molecule has 2 rings (SSSR count). The number of carbonyl (C=O) groups excluding carboxylic acids is 1. The molecule has 0 aromatic rings. The first-order valence-electron chi connectivity index (χ1n) is 5.34. The van der Waals surface area contributed by atoms with Crippen molar-refractivity contribution in [3.05, 3.63) is 0 Å². The van der Waals surface area contributed by atoms with Crippen LogP contribution in [0.25, 0.3) is 0 Å². The number of rotatable bonds is 1. The number of hydrogen-bond acceptors (Lipinski definition) is 4. The summed E-state index contributed by atoms with van der Waals surface area (Å²) in [7, 11) is 0. The van der Waals surface area contributed by atoms with Crippen molar-refractivity contribution in [1.82, 2.24) is 4.90 Å². The Bertz CT molecular complexity index is 290. The second kappa shape index (κ2) is 4.08. The van der Waals surface area contributed by atoms with Gasteiger partial charge in [-0.1, -0.05) is 5.16 Å². The topological polar surface area (TPSA) is 51.1 Å². The third kappa shape index (κ3) is 1.91. The summed E-state index contributed by atoms with van der Waals surface area (Å²) in [6.07, 6.45) is 0.569. The van der Waals surface area contributed by atoms with Gasteiger partial charge in [-0.25, -0.2) is 4.79 Å². The molecule has 0 aromatic carbocycles. The number of fused-ring (bicyclic) bond motifs is 1. The molecule has 1 saturated heterocycles. The van der Waals surface area contributed by atoms with Gasteiger partial charge >= 0.3 is 6.09 Å². The summed E-state index contributed by atoms with van der Waals surface area (Å²) in [5.41, 5.74) is 1.09. The molecule has 0 radical (unpaired) electrons. The number of hydrogen-bond donors (Lipinski definition) is 0. The van der Waals surface area contributed by atoms with Gasteiger partial charge < -0.3 is 14.5 Å². The van der Waals surface area contributed by atoms with Crippen molar-refractivity contribution in [2.75, 3.05) is 19.8 Å². The summed E-state index contributed by atoms with van der Waals surface area (Å²) >= 11 is 0. The number of likely N-dealkylation sites (tertiary alicyclic amines) is 1. The average molecular weight is 212 g/mol. The van der Waals surface area contributed by atoms with E-state index in [9.17, 15) is 4.79 Å². The third-order valence-electron chi connectivity index (χ3n) is 2.88. The van der Waals surface area contributed by atoms with Crippen molar-refractivity contribution >= 4 is 11.8 Å². The molecule has 5 heteroatoms. The Balaban J connectivity index is 2.02. The van der Waals surface area contributed by atoms with E-state index in [1.54, 1.807) is 4.90 Å². The zero-order valence-corrected chi connectivity index (χ0v) is 9.10. The van der Waals surface area contributed by atoms with E-state index in [2.05, 4.69) is 5.16 Å². The molecule has 0 unspecified atom stereocenters. The van der Waals surface area contributed by atoms with Gasteiger partial charge in [0.25, 0.3) is 0 Å². The highest BCUT2D eigenvalue weighted by Gasteiger charge is 2.37. The maximum Gasteiger partial charge on any atom is 0.410 e. The Morgan fingerprint density at radius 1 is 1.73 bits per heavy atom. The summed E-state index contributed by atoms with van der Waals surface area (Å²) in [5, 5.41) is 3.99. The predicted octanol–water partition coefficient (Wildman–Crippen LogP) is 1.24. The van der Waals surface area contributed by atoms with Crippen molar-refractivity contribution in [2.45, 2.75) is 26.3 Å². The minimum absolute atomic E-state index is 0.153. The molecular weight excluding hydrogens is 196 g/mol. The minimum Gasteiger partial charge on any atom is -0.450 e. The van der Waals surface area contributed by atoms with E-state index in [-0.39, 0.29) is 18.1 Å². The van der Waals surface area contributed by atoms with Crippen molar-refractivity contribution in [3.8, 4) is 0 Å². The SMILES string of the molecule is CCOC(=O)N1C[C@H]2CON=C2C[C@H]1C. The fourth-order valence-corrected chi connectivity index (χ4v) is 2.03. The molecule has 1 fully saturated rings. The molecule has 15 heavy (non-hydrogen) atoms. The van der Waals surface area contributed by atoms with Crippen LogP contribution >= 0.6 is 0 Å². The Morgan fingerprint density at radius 3 is 3.27 bits per heavy atom. The van der Waals surface area contributed by atoms with Crippen molar-refractivity contribution < 1.29 is 14.4 Å². The number of nitrogens with zero attached hydrogens (tertiary/aromatic N) is 2. The van der Waals surface area contributed by atoms with Gasteiger partial charge in [0.05, 0.1) is 18.2 Å². The van der Waals surface area contributed by atoms with E-state index in [1.165, 1.54) is 0 Å². The summed E-state index contributed by atoms with van der Waals surface area (Å²) in [6.45, 7) is 5.51. The van der Waals surface area contributed by atoms with Crippen LogP contribution in [0.4, 0.5) is 4.79 Å². The highest BCUT2D eigenvalue weighted by atomic mass is 16.6. The number of oxime groups is 1. The molecule has 1 amide bonds. The van der Waals surface area contributed by atoms with Gasteiger partial charge in [-0.15, -0.1) is 0 Å². The molecule has 0 bridgehead atoms. The van der Waals surface area contributed by atoms with Crippen LogP contribution in [0.5, 0.6) is 0 Å². The highest BCUT2D eigenvalue weighted by molar-refractivity contribution is 5.90. The van der Waals surface area contributed by atoms with Crippen LogP contribution < -0.4 is 0 Å². The van der Waals surface area contributed by atoms with Crippen molar-refractivity contribution in [3.63, 3.8) is 0 Å². The lowest BCUT2D eigenvalue weighted by Crippen LogP contribution is -2.49. The van der Waals surface area contributed by atoms with Gasteiger partial charge in [-0.2, -0.15) is 0 Å². The molecule has 2 heterocycles. The van der Waals surface area contributed by atoms with Gasteiger partial charge in [0.15, 0.2) is 0 Å². The molecule has 0 N–H and O–H groups in total. The zero-order chi connectivity index (χ0) is 10.8. The molecule has 84 valence electrons. The largest absolute Gasteiger partial charge is 0.450 e. The monoisotopic (exact) mass is 212 g/mol. The summed E-state index contributed by atoms with van der Waals surface area (Å²) in [4.78, 5) is 18.4. The predicted molar refractivity (Wildman–Crippen MR) is 54.7 cm³/mol. The van der Waals surface area contributed by atoms with Crippen LogP contribution in [0, 0.1) is 5.92 Å². The number of ether oxygens (including phenoxy) is 1. The van der Waals surface area contributed by atoms with E-state index < -0.39 is 0 Å². The van der Waals surface area contributed by atoms with Crippen LogP contribution in [0.2, 0.25) is 0 Å². The van der Waals surface area contributed by atoms with Crippen LogP contribution in [0.1, 0.15) is 20.3 Å². The van der Waals surface area contributed by atoms with Crippen LogP contribution in [0.15, 0.2) is 5.16 Å². The quantitative estimate of drug-likeness (QED) is 0.657. The van der Waals surface area contributed by atoms with Crippen LogP contribution in [-0.2, 0) is 9.57 Å². The van der Waals surface area contributed by atoms with E-state index >= 15 is 0 Å². The third-order valence-corrected chi connectivity index (χ3v) is 2.88. The highest BCUT2D eigenvalue weighted by Crippen LogP contribution is 2.24. The lowest BCUT2D eigenvalue weighted by molar-refractivity contribution is 0.0793. The standard InChI is InChI=1S/C10H16N2O3/c1-3-14-10(13)12-5-8-6-15-11-9(8)4-7(12)2/h7-8H,3-6H2,1-2H3/t7-,8+/m1/s1. The average Bonchev–Trinajstić information content (AvgIpc) is 2.63. The molecule has 2 aliphatic heterocycles. The lowest BCUT2D eigenvalue weighted by Gasteiger charge is -2.34. The lowest BCUT2D eigenvalue weighted by atomic mass is 9.93. The molecule has 0 aliphatic carbocycles. The van der Waals surface area contributed by atoms with Gasteiger partial charge in [0.1, 0.15) is 6.61 Å². The first-order valence-corrected chi connectivity index (χ1v) is 5.34. The van der Waals surface area contributed by atoms with Gasteiger partial charge in [-0.05, 0) is 13.8 Å². The van der Waals surface area contributed by atoms with Crippen molar-refractivity contribution in [2.24, 2.45) is 11.1 Å². The van der Waals surface area contributed by atoms with Gasteiger partial charge in [0, 0.05) is 19.0 Å². The Kier molecular flexibility index (Phi) is 2.79. The van der Waals surface area contributed by atoms with E-state index in [1.807, 2.05) is 13.8 Å². The first kappa shape index (κ1) is 10.3. The second-order valence-electron chi connectivity index (χ2n) is 3.98. The summed E-state index contributed by atoms with van der Waals surface area (Å²) < 4.78 is 5.01. The maximum atomic E-state index is 11.6. The van der Waals surface area contributed by atoms with E-state index in [4.69, 9.17) is 9.57 Å². The molecule has 2 aliphatic rings. The van der Waals surface area contributed by atoms with Crippen molar-refractivity contribution in [1.29, 1.82) is 0 Å². The fourth-order valence-electron chi connectivity index (χ4n) is 2.03. The first-order chi connectivity index (χ1) is 7.22. The number of carbonyl (C=O) groups is 1. The Morgan fingerprint density at radius 2 is 2.53 bits per heavy atom. The van der Waals surface area contributed by atoms with Crippen LogP contribution in [-0.4, -0.2) is 42.5 Å². The Labute approximate surface area is 89.0 Å². The summed E-state index contributed by atoms with van der Waals surface area (Å²) in [6, 6.07) is 0.153. The van der Waals surface area contributed by atoms with E-state index in [0.717, 1.165) is 12.1 Å².